The van der Waals surface area contributed by atoms with Gasteiger partial charge in [0.15, 0.2) is 5.96 Å². The van der Waals surface area contributed by atoms with Crippen LogP contribution in [0, 0.1) is 3.57 Å². The molecule has 1 unspecified atom stereocenters. The zero-order valence-electron chi connectivity index (χ0n) is 21.3. The number of carboxylic acids is 1. The lowest BCUT2D eigenvalue weighted by Gasteiger charge is -2.24. The number of phenols is 1. The Labute approximate surface area is 234 Å². The second-order valence-corrected chi connectivity index (χ2v) is 11.3. The summed E-state index contributed by atoms with van der Waals surface area (Å²) in [5.74, 6) is -2.01. The Bertz CT molecular complexity index is 1240. The van der Waals surface area contributed by atoms with Crippen molar-refractivity contribution in [2.45, 2.75) is 44.8 Å². The van der Waals surface area contributed by atoms with Crippen LogP contribution in [-0.2, 0) is 15.0 Å². The number of amides is 2. The summed E-state index contributed by atoms with van der Waals surface area (Å²) in [7, 11) is 0. The Morgan fingerprint density at radius 3 is 2.53 bits per heavy atom. The summed E-state index contributed by atoms with van der Waals surface area (Å²) < 4.78 is 0.918. The number of nitrogens with zero attached hydrogens (tertiary/aromatic N) is 1. The molecule has 0 fully saturated rings. The van der Waals surface area contributed by atoms with Gasteiger partial charge in [-0.25, -0.2) is 0 Å². The van der Waals surface area contributed by atoms with E-state index in [0.717, 1.165) is 9.13 Å². The monoisotopic (exact) mass is 637 g/mol. The van der Waals surface area contributed by atoms with Gasteiger partial charge in [0.1, 0.15) is 5.75 Å². The number of hydrogen-bond acceptors (Lipinski definition) is 8. The lowest BCUT2D eigenvalue weighted by atomic mass is 9.85. The highest BCUT2D eigenvalue weighted by Gasteiger charge is 2.22. The minimum absolute atomic E-state index is 0.103. The van der Waals surface area contributed by atoms with Gasteiger partial charge in [0, 0.05) is 27.4 Å². The molecule has 38 heavy (non-hydrogen) atoms. The third-order valence-electron chi connectivity index (χ3n) is 5.72. The highest BCUT2D eigenvalue weighted by molar-refractivity contribution is 14.1. The summed E-state index contributed by atoms with van der Waals surface area (Å²) in [4.78, 5) is 41.1. The number of aliphatic hydroxyl groups excluding tert-OH is 1. The molecule has 1 aliphatic heterocycles. The van der Waals surface area contributed by atoms with Crippen molar-refractivity contribution in [1.82, 2.24) is 16.0 Å². The standard InChI is InChI=1S/C26H32IN5O6/c1-26(2,3)16-4-14(5-17(27)8-16)21(10-23(36)37)32-22(35)13-28-24(38)15-6-18(9-19(33)7-15)31-25-29-11-20(34)12-30-25/h4-9,20-21,33-34H,10-13H2,1-3H3,(H,28,38)(H,32,35)(H,36,37)(H2,29,30,31)/t21-/m0/s1. The molecule has 0 saturated heterocycles. The Morgan fingerprint density at radius 2 is 1.89 bits per heavy atom. The normalized spacial score (nSPS) is 16.0. The maximum Gasteiger partial charge on any atom is 0.305 e. The maximum atomic E-state index is 12.7. The van der Waals surface area contributed by atoms with Crippen LogP contribution in [0.2, 0.25) is 0 Å². The lowest BCUT2D eigenvalue weighted by molar-refractivity contribution is -0.137. The van der Waals surface area contributed by atoms with E-state index in [4.69, 9.17) is 0 Å². The summed E-state index contributed by atoms with van der Waals surface area (Å²) in [6.45, 7) is 6.29. The van der Waals surface area contributed by atoms with Crippen LogP contribution in [0.5, 0.6) is 5.75 Å². The summed E-state index contributed by atoms with van der Waals surface area (Å²) in [5.41, 5.74) is 2.00. The molecule has 2 aromatic carbocycles. The summed E-state index contributed by atoms with van der Waals surface area (Å²) in [6, 6.07) is 9.09. The number of anilines is 1. The average molecular weight is 637 g/mol. The van der Waals surface area contributed by atoms with E-state index in [1.54, 1.807) is 0 Å². The van der Waals surface area contributed by atoms with Crippen LogP contribution >= 0.6 is 22.6 Å². The fourth-order valence-corrected chi connectivity index (χ4v) is 4.44. The van der Waals surface area contributed by atoms with Crippen molar-refractivity contribution in [2.24, 2.45) is 4.99 Å². The first-order valence-corrected chi connectivity index (χ1v) is 13.1. The number of carboxylic acid groups (broad SMARTS) is 1. The third kappa shape index (κ3) is 8.58. The van der Waals surface area contributed by atoms with Crippen molar-refractivity contribution in [3.05, 3.63) is 56.7 Å². The predicted octanol–water partition coefficient (Wildman–Crippen LogP) is 2.09. The lowest BCUT2D eigenvalue weighted by Crippen LogP contribution is -2.42. The number of carbonyl (C=O) groups is 3. The van der Waals surface area contributed by atoms with Crippen molar-refractivity contribution in [1.29, 1.82) is 0 Å². The number of carbonyl (C=O) groups excluding carboxylic acids is 2. The molecule has 204 valence electrons. The fraction of sp³-hybridized carbons (Fsp3) is 0.385. The predicted molar refractivity (Wildman–Crippen MR) is 151 cm³/mol. The first kappa shape index (κ1) is 29.2. The molecule has 2 atom stereocenters. The number of aliphatic hydroxyl groups is 1. The fourth-order valence-electron chi connectivity index (χ4n) is 3.75. The number of benzene rings is 2. The quantitative estimate of drug-likeness (QED) is 0.216. The molecule has 2 aromatic rings. The molecule has 1 aliphatic rings. The second kappa shape index (κ2) is 12.4. The molecule has 0 aromatic heterocycles. The van der Waals surface area contributed by atoms with Gasteiger partial charge < -0.3 is 36.6 Å². The molecule has 0 radical (unpaired) electrons. The highest BCUT2D eigenvalue weighted by Crippen LogP contribution is 2.29. The van der Waals surface area contributed by atoms with Crippen molar-refractivity contribution in [3.8, 4) is 5.75 Å². The van der Waals surface area contributed by atoms with E-state index < -0.39 is 36.5 Å². The van der Waals surface area contributed by atoms with E-state index >= 15 is 0 Å². The van der Waals surface area contributed by atoms with Gasteiger partial charge in [0.05, 0.1) is 31.7 Å². The number of rotatable bonds is 8. The summed E-state index contributed by atoms with van der Waals surface area (Å²) >= 11 is 2.16. The molecule has 1 heterocycles. The Balaban J connectivity index is 1.67. The van der Waals surface area contributed by atoms with Gasteiger partial charge in [0.2, 0.25) is 5.91 Å². The molecule has 0 aliphatic carbocycles. The van der Waals surface area contributed by atoms with Crippen LogP contribution < -0.4 is 21.3 Å². The van der Waals surface area contributed by atoms with Gasteiger partial charge in [-0.2, -0.15) is 0 Å². The molecule has 12 heteroatoms. The average Bonchev–Trinajstić information content (AvgIpc) is 2.82. The van der Waals surface area contributed by atoms with Crippen LogP contribution in [0.15, 0.2) is 41.4 Å². The smallest absolute Gasteiger partial charge is 0.305 e. The van der Waals surface area contributed by atoms with E-state index in [1.807, 2.05) is 39.0 Å². The molecule has 0 spiro atoms. The van der Waals surface area contributed by atoms with E-state index in [1.165, 1.54) is 18.2 Å². The topological polar surface area (TPSA) is 172 Å². The number of hydrogen-bond donors (Lipinski definition) is 7. The van der Waals surface area contributed by atoms with Crippen LogP contribution in [0.4, 0.5) is 5.69 Å². The minimum atomic E-state index is -1.07. The van der Waals surface area contributed by atoms with Crippen LogP contribution in [0.3, 0.4) is 0 Å². The van der Waals surface area contributed by atoms with E-state index in [2.05, 4.69) is 48.9 Å². The van der Waals surface area contributed by atoms with Crippen molar-refractivity contribution in [2.75, 3.05) is 25.0 Å². The second-order valence-electron chi connectivity index (χ2n) is 10.0. The molecule has 0 bridgehead atoms. The van der Waals surface area contributed by atoms with Gasteiger partial charge in [0.25, 0.3) is 5.91 Å². The van der Waals surface area contributed by atoms with Crippen molar-refractivity contribution >= 4 is 52.0 Å². The molecule has 7 N–H and O–H groups in total. The number of aliphatic imine (C=N–C) groups is 1. The van der Waals surface area contributed by atoms with Gasteiger partial charge in [-0.05, 0) is 63.4 Å². The summed E-state index contributed by atoms with van der Waals surface area (Å²) in [5, 5.41) is 40.1. The van der Waals surface area contributed by atoms with Gasteiger partial charge in [-0.3, -0.25) is 19.4 Å². The molecule has 0 saturated carbocycles. The molecular weight excluding hydrogens is 605 g/mol. The highest BCUT2D eigenvalue weighted by atomic mass is 127. The number of phenolic OH excluding ortho intramolecular Hbond substituents is 1. The van der Waals surface area contributed by atoms with E-state index in [0.29, 0.717) is 23.8 Å². The van der Waals surface area contributed by atoms with Crippen LogP contribution in [-0.4, -0.2) is 64.8 Å². The SMILES string of the molecule is CC(C)(C)c1cc(I)cc([C@H](CC(=O)O)NC(=O)CNC(=O)c2cc(O)cc(NC3=NCC(O)CN3)c2)c1. The molecule has 11 nitrogen and oxygen atoms in total. The largest absolute Gasteiger partial charge is 0.508 e. The minimum Gasteiger partial charge on any atom is -0.508 e. The third-order valence-corrected chi connectivity index (χ3v) is 6.34. The van der Waals surface area contributed by atoms with Gasteiger partial charge in [-0.1, -0.05) is 26.8 Å². The number of nitrogens with one attached hydrogen (secondary N) is 4. The first-order chi connectivity index (χ1) is 17.8. The summed E-state index contributed by atoms with van der Waals surface area (Å²) in [6.07, 6.45) is -0.904. The van der Waals surface area contributed by atoms with Gasteiger partial charge >= 0.3 is 5.97 Å². The van der Waals surface area contributed by atoms with E-state index in [9.17, 15) is 29.7 Å². The zero-order valence-corrected chi connectivity index (χ0v) is 23.5. The van der Waals surface area contributed by atoms with Crippen molar-refractivity contribution in [3.63, 3.8) is 0 Å². The zero-order chi connectivity index (χ0) is 28.0. The van der Waals surface area contributed by atoms with Crippen molar-refractivity contribution < 1.29 is 29.7 Å². The van der Waals surface area contributed by atoms with Gasteiger partial charge in [-0.15, -0.1) is 0 Å². The maximum absolute atomic E-state index is 12.7. The molecule has 3 rings (SSSR count). The Kier molecular flexibility index (Phi) is 9.55. The Morgan fingerprint density at radius 1 is 1.16 bits per heavy atom. The Hall–Kier alpha value is -3.39. The molecule has 2 amide bonds. The van der Waals surface area contributed by atoms with Crippen LogP contribution in [0.1, 0.15) is 54.7 Å². The molecular formula is C26H32IN5O6. The number of aliphatic carboxylic acids is 1. The van der Waals surface area contributed by atoms with Crippen LogP contribution in [0.25, 0.3) is 0 Å². The number of guanidine groups is 1. The first-order valence-electron chi connectivity index (χ1n) is 12.0. The number of aromatic hydroxyl groups is 1. The number of halogens is 1. The number of β-amino-alcohol motifs (C(OH)–C–C–N with tert-alkyl or cyclic N) is 1. The van der Waals surface area contributed by atoms with E-state index in [-0.39, 0.29) is 29.7 Å².